The number of hydrogen-bond donors (Lipinski definition) is 1. The molecule has 0 saturated heterocycles. The Morgan fingerprint density at radius 3 is 3.00 bits per heavy atom. The standard InChI is InChI=1S/C11H9ClFN3O/c12-9-6-8(2-3-10(9)13)15-11(17)7-16-5-1-4-14-16/h1-6H,7H2,(H,15,17). The van der Waals surface area contributed by atoms with E-state index in [-0.39, 0.29) is 17.5 Å². The number of benzene rings is 1. The molecule has 0 atom stereocenters. The molecule has 0 unspecified atom stereocenters. The number of carbonyl (C=O) groups excluding carboxylic acids is 1. The highest BCUT2D eigenvalue weighted by atomic mass is 35.5. The van der Waals surface area contributed by atoms with Crippen LogP contribution in [-0.4, -0.2) is 15.7 Å². The molecule has 1 N–H and O–H groups in total. The van der Waals surface area contributed by atoms with Crippen LogP contribution in [0.2, 0.25) is 5.02 Å². The second-order valence-corrected chi connectivity index (χ2v) is 3.79. The van der Waals surface area contributed by atoms with E-state index in [1.54, 1.807) is 18.5 Å². The van der Waals surface area contributed by atoms with Crippen molar-refractivity contribution in [3.8, 4) is 0 Å². The molecule has 1 amide bonds. The predicted octanol–water partition coefficient (Wildman–Crippen LogP) is 2.31. The van der Waals surface area contributed by atoms with Crippen LogP contribution in [0.25, 0.3) is 0 Å². The highest BCUT2D eigenvalue weighted by Gasteiger charge is 2.05. The predicted molar refractivity (Wildman–Crippen MR) is 62.3 cm³/mol. The lowest BCUT2D eigenvalue weighted by atomic mass is 10.3. The first kappa shape index (κ1) is 11.6. The number of aromatic nitrogens is 2. The highest BCUT2D eigenvalue weighted by Crippen LogP contribution is 2.19. The minimum atomic E-state index is -0.517. The van der Waals surface area contributed by atoms with E-state index in [9.17, 15) is 9.18 Å². The quantitative estimate of drug-likeness (QED) is 0.913. The minimum absolute atomic E-state index is 0.0260. The number of anilines is 1. The Labute approximate surface area is 102 Å². The number of nitrogens with one attached hydrogen (secondary N) is 1. The van der Waals surface area contributed by atoms with Gasteiger partial charge in [-0.2, -0.15) is 5.10 Å². The molecule has 88 valence electrons. The maximum absolute atomic E-state index is 12.9. The van der Waals surface area contributed by atoms with Crippen molar-refractivity contribution in [1.82, 2.24) is 9.78 Å². The zero-order valence-corrected chi connectivity index (χ0v) is 9.49. The van der Waals surface area contributed by atoms with E-state index in [1.165, 1.54) is 22.9 Å². The molecule has 1 aromatic heterocycles. The Balaban J connectivity index is 2.00. The average molecular weight is 254 g/mol. The summed E-state index contributed by atoms with van der Waals surface area (Å²) in [5, 5.41) is 6.47. The summed E-state index contributed by atoms with van der Waals surface area (Å²) in [6.07, 6.45) is 3.26. The maximum atomic E-state index is 12.9. The number of rotatable bonds is 3. The smallest absolute Gasteiger partial charge is 0.246 e. The Bertz CT molecular complexity index is 528. The summed E-state index contributed by atoms with van der Waals surface area (Å²) in [7, 11) is 0. The molecule has 2 aromatic rings. The van der Waals surface area contributed by atoms with Crippen LogP contribution in [-0.2, 0) is 11.3 Å². The van der Waals surface area contributed by atoms with E-state index in [4.69, 9.17) is 11.6 Å². The van der Waals surface area contributed by atoms with Gasteiger partial charge in [0, 0.05) is 18.1 Å². The molecule has 0 fully saturated rings. The van der Waals surface area contributed by atoms with Crippen molar-refractivity contribution in [3.63, 3.8) is 0 Å². The van der Waals surface area contributed by atoms with Gasteiger partial charge >= 0.3 is 0 Å². The molecule has 6 heteroatoms. The van der Waals surface area contributed by atoms with Crippen molar-refractivity contribution in [2.75, 3.05) is 5.32 Å². The van der Waals surface area contributed by atoms with Crippen molar-refractivity contribution >= 4 is 23.2 Å². The zero-order chi connectivity index (χ0) is 12.3. The van der Waals surface area contributed by atoms with Gasteiger partial charge in [-0.05, 0) is 24.3 Å². The van der Waals surface area contributed by atoms with Gasteiger partial charge in [-0.3, -0.25) is 9.48 Å². The molecule has 0 spiro atoms. The molecule has 4 nitrogen and oxygen atoms in total. The Hall–Kier alpha value is -1.88. The number of nitrogens with zero attached hydrogens (tertiary/aromatic N) is 2. The highest BCUT2D eigenvalue weighted by molar-refractivity contribution is 6.31. The van der Waals surface area contributed by atoms with E-state index in [2.05, 4.69) is 10.4 Å². The summed E-state index contributed by atoms with van der Waals surface area (Å²) < 4.78 is 14.4. The third-order valence-electron chi connectivity index (χ3n) is 2.07. The summed E-state index contributed by atoms with van der Waals surface area (Å²) in [6, 6.07) is 5.73. The average Bonchev–Trinajstić information content (AvgIpc) is 2.76. The largest absolute Gasteiger partial charge is 0.324 e. The SMILES string of the molecule is O=C(Cn1cccn1)Nc1ccc(F)c(Cl)c1. The number of carbonyl (C=O) groups is 1. The topological polar surface area (TPSA) is 46.9 Å². The number of hydrogen-bond acceptors (Lipinski definition) is 2. The molecule has 1 heterocycles. The molecule has 0 aliphatic heterocycles. The number of amides is 1. The van der Waals surface area contributed by atoms with Crippen LogP contribution in [0.5, 0.6) is 0 Å². The summed E-state index contributed by atoms with van der Waals surface area (Å²) in [6.45, 7) is 0.0992. The summed E-state index contributed by atoms with van der Waals surface area (Å²) in [4.78, 5) is 11.6. The van der Waals surface area contributed by atoms with Crippen LogP contribution < -0.4 is 5.32 Å². The van der Waals surface area contributed by atoms with Crippen LogP contribution in [0.3, 0.4) is 0 Å². The normalized spacial score (nSPS) is 10.2. The molecular weight excluding hydrogens is 245 g/mol. The van der Waals surface area contributed by atoms with Gasteiger partial charge in [0.25, 0.3) is 0 Å². The first-order chi connectivity index (χ1) is 8.15. The maximum Gasteiger partial charge on any atom is 0.246 e. The van der Waals surface area contributed by atoms with Gasteiger partial charge in [-0.25, -0.2) is 4.39 Å². The monoisotopic (exact) mass is 253 g/mol. The third-order valence-corrected chi connectivity index (χ3v) is 2.36. The lowest BCUT2D eigenvalue weighted by molar-refractivity contribution is -0.116. The Morgan fingerprint density at radius 2 is 2.35 bits per heavy atom. The van der Waals surface area contributed by atoms with Crippen molar-refractivity contribution in [3.05, 3.63) is 47.5 Å². The van der Waals surface area contributed by atoms with Gasteiger partial charge < -0.3 is 5.32 Å². The van der Waals surface area contributed by atoms with E-state index in [1.807, 2.05) is 0 Å². The van der Waals surface area contributed by atoms with E-state index < -0.39 is 5.82 Å². The first-order valence-electron chi connectivity index (χ1n) is 4.87. The van der Waals surface area contributed by atoms with Crippen molar-refractivity contribution in [2.45, 2.75) is 6.54 Å². The van der Waals surface area contributed by atoms with Crippen molar-refractivity contribution in [2.24, 2.45) is 0 Å². The van der Waals surface area contributed by atoms with Gasteiger partial charge in [-0.15, -0.1) is 0 Å². The van der Waals surface area contributed by atoms with Gasteiger partial charge in [0.2, 0.25) is 5.91 Å². The molecule has 0 radical (unpaired) electrons. The van der Waals surface area contributed by atoms with Crippen molar-refractivity contribution < 1.29 is 9.18 Å². The molecule has 0 saturated carbocycles. The fourth-order valence-electron chi connectivity index (χ4n) is 1.32. The second-order valence-electron chi connectivity index (χ2n) is 3.38. The van der Waals surface area contributed by atoms with Crippen molar-refractivity contribution in [1.29, 1.82) is 0 Å². The zero-order valence-electron chi connectivity index (χ0n) is 8.73. The fraction of sp³-hybridized carbons (Fsp3) is 0.0909. The van der Waals surface area contributed by atoms with Gasteiger partial charge in [0.1, 0.15) is 12.4 Å². The van der Waals surface area contributed by atoms with Crippen LogP contribution >= 0.6 is 11.6 Å². The van der Waals surface area contributed by atoms with E-state index in [0.29, 0.717) is 5.69 Å². The van der Waals surface area contributed by atoms with E-state index in [0.717, 1.165) is 0 Å². The molecule has 0 bridgehead atoms. The number of halogens is 2. The summed E-state index contributed by atoms with van der Waals surface area (Å²) in [5.74, 6) is -0.770. The van der Waals surface area contributed by atoms with Gasteiger partial charge in [-0.1, -0.05) is 11.6 Å². The summed E-state index contributed by atoms with van der Waals surface area (Å²) in [5.41, 5.74) is 0.452. The van der Waals surface area contributed by atoms with Gasteiger partial charge in [0.15, 0.2) is 0 Å². The third kappa shape index (κ3) is 3.04. The van der Waals surface area contributed by atoms with Crippen LogP contribution in [0, 0.1) is 5.82 Å². The Kier molecular flexibility index (Phi) is 3.39. The fourth-order valence-corrected chi connectivity index (χ4v) is 1.50. The van der Waals surface area contributed by atoms with Gasteiger partial charge in [0.05, 0.1) is 5.02 Å². The molecule has 0 aliphatic rings. The second kappa shape index (κ2) is 4.97. The first-order valence-corrected chi connectivity index (χ1v) is 5.25. The van der Waals surface area contributed by atoms with Crippen LogP contribution in [0.4, 0.5) is 10.1 Å². The van der Waals surface area contributed by atoms with Crippen LogP contribution in [0.1, 0.15) is 0 Å². The lowest BCUT2D eigenvalue weighted by Crippen LogP contribution is -2.18. The molecule has 1 aromatic carbocycles. The minimum Gasteiger partial charge on any atom is -0.324 e. The molecular formula is C11H9ClFN3O. The lowest BCUT2D eigenvalue weighted by Gasteiger charge is -2.06. The Morgan fingerprint density at radius 1 is 1.53 bits per heavy atom. The van der Waals surface area contributed by atoms with E-state index >= 15 is 0 Å². The summed E-state index contributed by atoms with van der Waals surface area (Å²) >= 11 is 5.60. The molecule has 0 aliphatic carbocycles. The molecule has 17 heavy (non-hydrogen) atoms. The van der Waals surface area contributed by atoms with Crippen LogP contribution in [0.15, 0.2) is 36.7 Å². The molecule has 2 rings (SSSR count).